The Morgan fingerprint density at radius 2 is 1.74 bits per heavy atom. The van der Waals surface area contributed by atoms with Crippen LogP contribution in [0.15, 0.2) is 47.4 Å². The molecule has 0 bridgehead atoms. The van der Waals surface area contributed by atoms with Gasteiger partial charge in [0.1, 0.15) is 0 Å². The van der Waals surface area contributed by atoms with Gasteiger partial charge in [0.25, 0.3) is 5.91 Å². The first-order chi connectivity index (χ1) is 12.6. The highest BCUT2D eigenvalue weighted by Gasteiger charge is 2.38. The van der Waals surface area contributed by atoms with E-state index in [9.17, 15) is 21.6 Å². The molecule has 0 radical (unpaired) electrons. The first kappa shape index (κ1) is 20.1. The van der Waals surface area contributed by atoms with Crippen LogP contribution >= 0.6 is 23.2 Å². The summed E-state index contributed by atoms with van der Waals surface area (Å²) in [6.07, 6.45) is 0.0576. The zero-order valence-electron chi connectivity index (χ0n) is 13.9. The Morgan fingerprint density at radius 3 is 2.33 bits per heavy atom. The number of rotatable bonds is 4. The molecule has 3 rings (SSSR count). The van der Waals surface area contributed by atoms with Crippen LogP contribution in [0.1, 0.15) is 16.8 Å². The van der Waals surface area contributed by atoms with E-state index < -0.39 is 36.6 Å². The van der Waals surface area contributed by atoms with Crippen LogP contribution in [-0.2, 0) is 19.7 Å². The number of carbonyl (C=O) groups excluding carboxylic acids is 1. The monoisotopic (exact) mass is 447 g/mol. The minimum atomic E-state index is -3.85. The van der Waals surface area contributed by atoms with Crippen LogP contribution in [0.4, 0.5) is 5.69 Å². The Morgan fingerprint density at radius 1 is 1.07 bits per heavy atom. The Balaban J connectivity index is 1.86. The van der Waals surface area contributed by atoms with Crippen molar-refractivity contribution >= 4 is 54.5 Å². The molecular weight excluding hydrogens is 433 g/mol. The van der Waals surface area contributed by atoms with E-state index in [1.807, 2.05) is 0 Å². The predicted molar refractivity (Wildman–Crippen MR) is 105 cm³/mol. The molecule has 1 atom stereocenters. The summed E-state index contributed by atoms with van der Waals surface area (Å²) in [5.41, 5.74) is 0.487. The van der Waals surface area contributed by atoms with Crippen LogP contribution in [0.25, 0.3) is 0 Å². The van der Waals surface area contributed by atoms with Gasteiger partial charge in [-0.25, -0.2) is 16.8 Å². The third kappa shape index (κ3) is 4.63. The number of nitrogens with one attached hydrogen (secondary N) is 1. The Hall–Kier alpha value is -1.61. The highest BCUT2D eigenvalue weighted by molar-refractivity contribution is 7.96. The van der Waals surface area contributed by atoms with Gasteiger partial charge in [0, 0.05) is 21.3 Å². The van der Waals surface area contributed by atoms with Gasteiger partial charge < -0.3 is 5.32 Å². The predicted octanol–water partition coefficient (Wildman–Crippen LogP) is 3.21. The first-order valence-corrected chi connectivity index (χ1v) is 12.0. The molecule has 1 amide bonds. The summed E-state index contributed by atoms with van der Waals surface area (Å²) in [4.78, 5) is 12.4. The van der Waals surface area contributed by atoms with Gasteiger partial charge in [0.05, 0.1) is 21.7 Å². The fourth-order valence-electron chi connectivity index (χ4n) is 2.84. The average molecular weight is 448 g/mol. The number of hydrogen-bond acceptors (Lipinski definition) is 5. The molecule has 0 spiro atoms. The largest absolute Gasteiger partial charge is 0.322 e. The van der Waals surface area contributed by atoms with E-state index in [1.54, 1.807) is 0 Å². The molecule has 1 aliphatic heterocycles. The lowest BCUT2D eigenvalue weighted by Gasteiger charge is -2.12. The van der Waals surface area contributed by atoms with E-state index >= 15 is 0 Å². The molecule has 0 aromatic heterocycles. The molecule has 10 heteroatoms. The summed E-state index contributed by atoms with van der Waals surface area (Å²) in [6.45, 7) is 0. The minimum absolute atomic E-state index is 0.0576. The third-order valence-corrected chi connectivity index (χ3v) is 8.78. The number of amides is 1. The summed E-state index contributed by atoms with van der Waals surface area (Å²) in [7, 11) is -7.20. The van der Waals surface area contributed by atoms with Crippen molar-refractivity contribution in [2.45, 2.75) is 16.6 Å². The van der Waals surface area contributed by atoms with Crippen LogP contribution in [0.5, 0.6) is 0 Å². The van der Waals surface area contributed by atoms with Gasteiger partial charge in [-0.2, -0.15) is 0 Å². The lowest BCUT2D eigenvalue weighted by molar-refractivity contribution is 0.102. The molecule has 0 saturated carbocycles. The maximum absolute atomic E-state index is 12.7. The molecule has 2 aromatic rings. The fraction of sp³-hybridized carbons (Fsp3) is 0.235. The van der Waals surface area contributed by atoms with Crippen molar-refractivity contribution in [1.29, 1.82) is 0 Å². The van der Waals surface area contributed by atoms with E-state index in [0.717, 1.165) is 0 Å². The molecule has 1 saturated heterocycles. The molecular formula is C17H15Cl2NO5S2. The molecule has 1 aliphatic rings. The first-order valence-electron chi connectivity index (χ1n) is 7.89. The number of hydrogen-bond donors (Lipinski definition) is 1. The van der Waals surface area contributed by atoms with Gasteiger partial charge in [0.2, 0.25) is 0 Å². The lowest BCUT2D eigenvalue weighted by Crippen LogP contribution is -2.23. The highest BCUT2D eigenvalue weighted by Crippen LogP contribution is 2.27. The van der Waals surface area contributed by atoms with E-state index in [-0.39, 0.29) is 22.6 Å². The Bertz CT molecular complexity index is 1090. The summed E-state index contributed by atoms with van der Waals surface area (Å²) in [5, 5.41) is 2.30. The molecule has 144 valence electrons. The minimum Gasteiger partial charge on any atom is -0.322 e. The smallest absolute Gasteiger partial charge is 0.255 e. The molecule has 6 nitrogen and oxygen atoms in total. The van der Waals surface area contributed by atoms with Gasteiger partial charge in [-0.15, -0.1) is 0 Å². The van der Waals surface area contributed by atoms with Gasteiger partial charge in [-0.3, -0.25) is 4.79 Å². The number of sulfone groups is 2. The second-order valence-corrected chi connectivity index (χ2v) is 11.5. The van der Waals surface area contributed by atoms with Crippen LogP contribution in [-0.4, -0.2) is 39.5 Å². The maximum atomic E-state index is 12.7. The van der Waals surface area contributed by atoms with E-state index in [1.165, 1.54) is 42.5 Å². The molecule has 1 heterocycles. The van der Waals surface area contributed by atoms with Crippen molar-refractivity contribution in [1.82, 2.24) is 0 Å². The standard InChI is InChI=1S/C17H15Cl2NO5S2/c18-12-7-13(19)9-14(8-12)20-17(21)11-2-1-3-15(6-11)27(24,25)16-4-5-26(22,23)10-16/h1-3,6-9,16H,4-5,10H2,(H,20,21)/t16-/m0/s1. The molecule has 1 N–H and O–H groups in total. The van der Waals surface area contributed by atoms with Crippen LogP contribution in [0, 0.1) is 0 Å². The maximum Gasteiger partial charge on any atom is 0.255 e. The molecule has 2 aromatic carbocycles. The molecule has 0 unspecified atom stereocenters. The lowest BCUT2D eigenvalue weighted by atomic mass is 10.2. The third-order valence-electron chi connectivity index (χ3n) is 4.17. The zero-order valence-corrected chi connectivity index (χ0v) is 17.0. The van der Waals surface area contributed by atoms with Gasteiger partial charge >= 0.3 is 0 Å². The van der Waals surface area contributed by atoms with E-state index in [0.29, 0.717) is 15.7 Å². The second kappa shape index (κ2) is 7.43. The molecule has 1 fully saturated rings. The Kier molecular flexibility index (Phi) is 5.54. The Labute approximate surface area is 167 Å². The zero-order chi connectivity index (χ0) is 19.8. The van der Waals surface area contributed by atoms with Crippen molar-refractivity contribution in [2.24, 2.45) is 0 Å². The highest BCUT2D eigenvalue weighted by atomic mass is 35.5. The topological polar surface area (TPSA) is 97.4 Å². The van der Waals surface area contributed by atoms with Crippen molar-refractivity contribution in [3.63, 3.8) is 0 Å². The molecule has 27 heavy (non-hydrogen) atoms. The van der Waals surface area contributed by atoms with Crippen LogP contribution < -0.4 is 5.32 Å². The van der Waals surface area contributed by atoms with E-state index in [2.05, 4.69) is 5.32 Å². The summed E-state index contributed by atoms with van der Waals surface area (Å²) in [5.74, 6) is -1.08. The van der Waals surface area contributed by atoms with Crippen LogP contribution in [0.3, 0.4) is 0 Å². The van der Waals surface area contributed by atoms with Crippen molar-refractivity contribution in [3.8, 4) is 0 Å². The number of anilines is 1. The molecule has 0 aliphatic carbocycles. The normalized spacial score (nSPS) is 19.0. The van der Waals surface area contributed by atoms with Gasteiger partial charge in [-0.1, -0.05) is 29.3 Å². The van der Waals surface area contributed by atoms with E-state index in [4.69, 9.17) is 23.2 Å². The quantitative estimate of drug-likeness (QED) is 0.775. The SMILES string of the molecule is O=C(Nc1cc(Cl)cc(Cl)c1)c1cccc(S(=O)(=O)[C@H]2CCS(=O)(=O)C2)c1. The van der Waals surface area contributed by atoms with Gasteiger partial charge in [-0.05, 0) is 42.8 Å². The summed E-state index contributed by atoms with van der Waals surface area (Å²) in [6, 6.07) is 10.0. The van der Waals surface area contributed by atoms with Crippen molar-refractivity contribution < 1.29 is 21.6 Å². The summed E-state index contributed by atoms with van der Waals surface area (Å²) < 4.78 is 48.6. The summed E-state index contributed by atoms with van der Waals surface area (Å²) >= 11 is 11.8. The average Bonchev–Trinajstić information content (AvgIpc) is 2.95. The number of carbonyl (C=O) groups is 1. The number of halogens is 2. The fourth-order valence-corrected chi connectivity index (χ4v) is 7.77. The van der Waals surface area contributed by atoms with Crippen molar-refractivity contribution in [3.05, 3.63) is 58.1 Å². The number of benzene rings is 2. The second-order valence-electron chi connectivity index (χ2n) is 6.21. The van der Waals surface area contributed by atoms with Crippen molar-refractivity contribution in [2.75, 3.05) is 16.8 Å². The van der Waals surface area contributed by atoms with Crippen LogP contribution in [0.2, 0.25) is 10.0 Å². The van der Waals surface area contributed by atoms with Gasteiger partial charge in [0.15, 0.2) is 19.7 Å².